The van der Waals surface area contributed by atoms with Gasteiger partial charge in [-0.2, -0.15) is 0 Å². The highest BCUT2D eigenvalue weighted by molar-refractivity contribution is 7.64. The van der Waals surface area contributed by atoms with Gasteiger partial charge in [0.25, 0.3) is 0 Å². The minimum Gasteiger partial charge on any atom is -0.550 e. The van der Waals surface area contributed by atoms with Gasteiger partial charge < -0.3 is 152 Å². The number of aliphatic hydroxyl groups excluding tert-OH is 7. The first-order chi connectivity index (χ1) is 71.0. The van der Waals surface area contributed by atoms with Crippen molar-refractivity contribution in [3.05, 3.63) is 164 Å². The Morgan fingerprint density at radius 2 is 1.15 bits per heavy atom. The normalized spacial score (nSPS) is 25.9. The highest BCUT2D eigenvalue weighted by atomic mass is 35.5. The molecule has 5 fully saturated rings. The smallest absolute Gasteiger partial charge is 0.417 e. The molecule has 0 unspecified atom stereocenters. The fourth-order valence-electron chi connectivity index (χ4n) is 19.7. The van der Waals surface area contributed by atoms with Crippen LogP contribution in [0.1, 0.15) is 192 Å². The summed E-state index contributed by atoms with van der Waals surface area (Å²) < 4.78 is 66.1. The monoisotopic (exact) mass is 2110 g/mol. The predicted molar refractivity (Wildman–Crippen MR) is 531 cm³/mol. The minimum absolute atomic E-state index is 0.0704. The van der Waals surface area contributed by atoms with Gasteiger partial charge in [-0.3, -0.25) is 42.9 Å². The molecule has 11 aliphatic rings. The zero-order valence-corrected chi connectivity index (χ0v) is 84.8. The van der Waals surface area contributed by atoms with Crippen LogP contribution in [0.5, 0.6) is 69.0 Å². The largest absolute Gasteiger partial charge is 0.550 e. The summed E-state index contributed by atoms with van der Waals surface area (Å²) in [6.45, 7) is 6.16. The third-order valence-electron chi connectivity index (χ3n) is 27.3. The summed E-state index contributed by atoms with van der Waals surface area (Å²) >= 11 is 15.5. The van der Waals surface area contributed by atoms with E-state index in [9.17, 15) is 60.7 Å². The van der Waals surface area contributed by atoms with Crippen molar-refractivity contribution in [3.8, 4) is 80.1 Å². The van der Waals surface area contributed by atoms with Crippen molar-refractivity contribution < 1.29 is 147 Å². The lowest BCUT2D eigenvalue weighted by atomic mass is 9.89. The standard InChI is InChI=1S/C100H122Cl2N13O28P.C2H4O2/c1-6-7-8-9-10-11-12-13-21-73(120)106-82-85(123)87(125)90(98(134)135-5)142-99(82)141-89-70-44-55-45-71(89)138-66-31-26-54(42-62(66)101)83(121)81-97(133)110-79(92(128)104-32-20-33-112(3)4)60-46-56(117)47-68(139-100-88(126)86(124)84(122)72(50-116)140-100)74(60)59-41-52(24-29-64(59)118)77(94(130)111-81)107-95(131)78(55)108-96(132)80-61-48-58(49-69(75(61)102)143-144(113-34-14-15-35-113,114-36-16-17-37-114)115-38-18-19-39-115)137-67-43-53(25-30-65(67)119)76(103-2)93(129)105-63(91(127)109-80)40-51-22-27-57(136-70)28-23-51;1-2(3)4/h22-31,41-49,63,72,76-88,90,99-100,103,116,121-126H,6-21,32-40,50H2,1-5H3,(H10-,104,105,106,107,108,109,110,111,117,118,119,120,127,128,129,130,131,132,133);1H3,(H,3,4)/t63-,72-,76-,77-,78-,79-,80+,81+,82-,83-,84-,85-,86+,87+,88+,90+,99-,100+;/m1./s1. The van der Waals surface area contributed by atoms with Crippen LogP contribution in [-0.4, -0.2) is 290 Å². The first-order valence-corrected chi connectivity index (χ1v) is 51.9. The number of esters is 1. The van der Waals surface area contributed by atoms with E-state index < -0.39 is 251 Å². The summed E-state index contributed by atoms with van der Waals surface area (Å²) in [5.41, 5.74) is -2.15. The van der Waals surface area contributed by atoms with Gasteiger partial charge in [-0.15, -0.1) is 14.0 Å². The summed E-state index contributed by atoms with van der Waals surface area (Å²) in [7, 11) is 2.83. The summed E-state index contributed by atoms with van der Waals surface area (Å²) in [5.74, 6) is -16.6. The number of aliphatic carboxylic acids is 1. The van der Waals surface area contributed by atoms with Gasteiger partial charge in [-0.25, -0.2) is 4.79 Å². The molecular weight excluding hydrogens is 1990 g/mol. The van der Waals surface area contributed by atoms with Crippen molar-refractivity contribution in [1.82, 2.24) is 66.8 Å². The van der Waals surface area contributed by atoms with Gasteiger partial charge in [0.2, 0.25) is 71.3 Å². The van der Waals surface area contributed by atoms with Crippen LogP contribution in [0.3, 0.4) is 0 Å². The molecule has 43 nitrogen and oxygen atoms in total. The average molecular weight is 2120 g/mol. The third kappa shape index (κ3) is 24.9. The van der Waals surface area contributed by atoms with Crippen LogP contribution in [0.15, 0.2) is 115 Å². The van der Waals surface area contributed by atoms with Crippen LogP contribution < -0.4 is 81.2 Å². The Hall–Kier alpha value is -12.1. The Morgan fingerprint density at radius 3 is 1.78 bits per heavy atom. The van der Waals surface area contributed by atoms with E-state index in [1.54, 1.807) is 14.1 Å². The first kappa shape index (κ1) is 110. The van der Waals surface area contributed by atoms with E-state index in [1.165, 1.54) is 73.8 Å². The number of carbonyl (C=O) groups is 10. The molecular formula is C102H126Cl2N13O30P. The SMILES string of the molecule is CC(=O)[O-].CCCCCCCCCCC(=O)N[C@H]1[C@H](Oc2c3cc4cc2Oc2ccc(cc2Cl)[C@@H](O)[C@@H]2NC(=O)[C@H](NC(=O)[C@@H]4NC(=O)[C@H]4NC(=O)[C@@H](Cc5ccc(cc5)O3)NC(=O)[C@H](NC)c3ccc(O)c(c3)Oc3cc(O[P+](N5CCCC5)(N5CCCC5)N5CCCC5)c(Cl)c4c3)c3ccc(O)c(c3)-c3c(O[C@H]4O[C@H](CO)[C@@H](O)[C@H](O)[C@@H]4O)cc(O)cc3[C@H](C(=O)NCCCN(C)C)NC2=O)O[C@H](C(=O)OC)[C@@H](O)[C@@H]1O. The van der Waals surface area contributed by atoms with Gasteiger partial charge in [0.05, 0.1) is 23.8 Å². The molecule has 18 atom stereocenters. The second kappa shape index (κ2) is 49.1. The maximum Gasteiger partial charge on any atom is 0.417 e. The molecule has 46 heteroatoms. The highest BCUT2D eigenvalue weighted by Crippen LogP contribution is 2.71. The quantitative estimate of drug-likeness (QED) is 0.0174. The molecule has 7 aromatic rings. The summed E-state index contributed by atoms with van der Waals surface area (Å²) in [4.78, 5) is 154. The second-order valence-electron chi connectivity index (χ2n) is 38.1. The molecule has 0 aliphatic carbocycles. The topological polar surface area (TPSA) is 600 Å². The Labute approximate surface area is 863 Å². The van der Waals surface area contributed by atoms with E-state index in [0.717, 1.165) is 140 Å². The number of hydrogen-bond donors (Lipinski definition) is 19. The van der Waals surface area contributed by atoms with Crippen molar-refractivity contribution in [2.45, 2.75) is 233 Å². The van der Waals surface area contributed by atoms with Crippen LogP contribution in [0, 0.1) is 0 Å². The summed E-state index contributed by atoms with van der Waals surface area (Å²) in [5, 5.41) is 152. The number of amides is 8. The van der Waals surface area contributed by atoms with Crippen molar-refractivity contribution in [2.24, 2.45) is 0 Å². The number of rotatable bonds is 27. The van der Waals surface area contributed by atoms with Gasteiger partial charge in [0, 0.05) is 93.4 Å². The number of phenols is 3. The minimum atomic E-state index is -3.21. The Bertz CT molecular complexity index is 5950. The van der Waals surface area contributed by atoms with E-state index >= 15 is 33.6 Å². The lowest BCUT2D eigenvalue weighted by molar-refractivity contribution is -0.302. The number of ether oxygens (including phenoxy) is 8. The number of unbranched alkanes of at least 4 members (excludes halogenated alkanes) is 7. The molecule has 0 aromatic heterocycles. The molecule has 11 heterocycles. The third-order valence-corrected chi connectivity index (χ3v) is 31.9. The number of hydrogen-bond acceptors (Lipinski definition) is 35. The highest BCUT2D eigenvalue weighted by Gasteiger charge is 2.63. The van der Waals surface area contributed by atoms with E-state index in [4.69, 9.17) is 75.5 Å². The summed E-state index contributed by atoms with van der Waals surface area (Å²) in [6, 6.07) is 7.80. The number of phenolic OH excluding ortho intramolecular Hbond substituents is 3. The number of carboxylic acid groups (broad SMARTS) is 1. The van der Waals surface area contributed by atoms with Crippen LogP contribution in [-0.2, 0) is 68.6 Å². The molecule has 18 rings (SSSR count). The van der Waals surface area contributed by atoms with Gasteiger partial charge in [0.1, 0.15) is 126 Å². The van der Waals surface area contributed by atoms with Crippen LogP contribution in [0.4, 0.5) is 0 Å². The number of likely N-dealkylation sites (N-methyl/N-ethyl adjacent to an activating group) is 1. The number of fused-ring (bicyclic) bond motifs is 14. The lowest BCUT2D eigenvalue weighted by Gasteiger charge is -2.41. The van der Waals surface area contributed by atoms with Crippen LogP contribution in [0.25, 0.3) is 11.1 Å². The Kier molecular flexibility index (Phi) is 36.5. The number of nitrogens with one attached hydrogen (secondary N) is 9. The number of methoxy groups -OCH3 is 1. The van der Waals surface area contributed by atoms with Crippen LogP contribution in [0.2, 0.25) is 10.0 Å². The fourth-order valence-corrected chi connectivity index (χ4v) is 24.5. The van der Waals surface area contributed by atoms with Crippen molar-refractivity contribution in [1.29, 1.82) is 0 Å². The van der Waals surface area contributed by atoms with Gasteiger partial charge in [-0.1, -0.05) is 105 Å². The van der Waals surface area contributed by atoms with Crippen molar-refractivity contribution in [3.63, 3.8) is 0 Å². The van der Waals surface area contributed by atoms with Gasteiger partial charge in [0.15, 0.2) is 29.1 Å². The number of aromatic hydroxyl groups is 3. The number of aliphatic hydroxyl groups is 7. The van der Waals surface area contributed by atoms with Crippen molar-refractivity contribution in [2.75, 3.05) is 87.2 Å². The Morgan fingerprint density at radius 1 is 0.554 bits per heavy atom. The second-order valence-corrected chi connectivity index (χ2v) is 41.8. The molecule has 11 aliphatic heterocycles. The molecule has 17 bridgehead atoms. The van der Waals surface area contributed by atoms with E-state index in [2.05, 4.69) is 68.8 Å². The maximum absolute atomic E-state index is 17.4. The average Bonchev–Trinajstić information content (AvgIpc) is 1.62. The van der Waals surface area contributed by atoms with Crippen LogP contribution >= 0.6 is 31.1 Å². The fraction of sp³-hybridized carbons (Fsp3) is 0.490. The number of carbonyl (C=O) groups excluding carboxylic acids is 10. The van der Waals surface area contributed by atoms with E-state index in [0.29, 0.717) is 70.6 Å². The zero-order chi connectivity index (χ0) is 106. The molecule has 0 radical (unpaired) electrons. The number of halogens is 2. The number of nitrogens with zero attached hydrogens (tertiary/aromatic N) is 4. The van der Waals surface area contributed by atoms with Gasteiger partial charge >= 0.3 is 13.9 Å². The molecule has 0 spiro atoms. The number of benzene rings is 7. The van der Waals surface area contributed by atoms with E-state index in [-0.39, 0.29) is 75.4 Å². The zero-order valence-electron chi connectivity index (χ0n) is 82.4. The molecule has 7 aromatic carbocycles. The molecule has 5 saturated heterocycles. The maximum atomic E-state index is 17.4. The lowest BCUT2D eigenvalue weighted by Crippen LogP contribution is -2.66. The molecule has 798 valence electrons. The summed E-state index contributed by atoms with van der Waals surface area (Å²) in [6.07, 6.45) is -9.04. The van der Waals surface area contributed by atoms with E-state index in [1.807, 2.05) is 4.90 Å². The number of carboxylic acids is 1. The predicted octanol–water partition coefficient (Wildman–Crippen LogP) is 5.40. The molecule has 8 amide bonds. The van der Waals surface area contributed by atoms with Crippen molar-refractivity contribution >= 4 is 90.3 Å². The molecule has 148 heavy (non-hydrogen) atoms. The molecule has 0 saturated carbocycles. The van der Waals surface area contributed by atoms with Gasteiger partial charge in [-0.05, 0) is 192 Å². The Balaban J connectivity index is 0.00000403. The first-order valence-electron chi connectivity index (χ1n) is 49.6. The molecule has 19 N–H and O–H groups in total.